The molecule has 90 valence electrons. The van der Waals surface area contributed by atoms with Gasteiger partial charge in [-0.05, 0) is 55.8 Å². The van der Waals surface area contributed by atoms with Crippen LogP contribution in [0.4, 0.5) is 0 Å². The Morgan fingerprint density at radius 3 is 2.56 bits per heavy atom. The average molecular weight is 305 g/mol. The van der Waals surface area contributed by atoms with Crippen LogP contribution in [0.2, 0.25) is 0 Å². The quantitative estimate of drug-likeness (QED) is 0.872. The lowest BCUT2D eigenvalue weighted by Crippen LogP contribution is -2.35. The Labute approximate surface area is 108 Å². The molecule has 1 heterocycles. The topological polar surface area (TPSA) is 42.0 Å². The standard InChI is InChI=1S/C11H17BrN2OS/c1-8(14-16(15)11(2,3)4)9-6-5-7-10(12)13-9/h5-8,14H,1-4H3/t8-,16?/m0/s1. The lowest BCUT2D eigenvalue weighted by atomic mass is 10.2. The average Bonchev–Trinajstić information content (AvgIpc) is 2.16. The second-order valence-corrected chi connectivity index (χ2v) is 7.42. The summed E-state index contributed by atoms with van der Waals surface area (Å²) >= 11 is 3.32. The van der Waals surface area contributed by atoms with Crippen LogP contribution >= 0.6 is 15.9 Å². The molecule has 0 aromatic carbocycles. The third-order valence-electron chi connectivity index (χ3n) is 2.02. The van der Waals surface area contributed by atoms with E-state index in [4.69, 9.17) is 0 Å². The van der Waals surface area contributed by atoms with Crippen LogP contribution in [0.15, 0.2) is 22.8 Å². The van der Waals surface area contributed by atoms with Crippen molar-refractivity contribution < 1.29 is 4.21 Å². The zero-order chi connectivity index (χ0) is 12.3. The number of hydrogen-bond acceptors (Lipinski definition) is 2. The van der Waals surface area contributed by atoms with Gasteiger partial charge in [0.05, 0.1) is 27.5 Å². The molecule has 0 saturated heterocycles. The second kappa shape index (κ2) is 5.38. The number of halogens is 1. The largest absolute Gasteiger partial charge is 0.244 e. The molecule has 3 nitrogen and oxygen atoms in total. The van der Waals surface area contributed by atoms with Gasteiger partial charge in [0.15, 0.2) is 0 Å². The molecule has 1 N–H and O–H groups in total. The molecule has 0 aliphatic carbocycles. The Balaban J connectivity index is 2.73. The molecule has 0 spiro atoms. The minimum Gasteiger partial charge on any atom is -0.244 e. The van der Waals surface area contributed by atoms with E-state index in [-0.39, 0.29) is 10.8 Å². The second-order valence-electron chi connectivity index (χ2n) is 4.61. The highest BCUT2D eigenvalue weighted by Gasteiger charge is 2.22. The molecule has 0 bridgehead atoms. The van der Waals surface area contributed by atoms with Gasteiger partial charge in [0.25, 0.3) is 0 Å². The van der Waals surface area contributed by atoms with E-state index in [0.29, 0.717) is 0 Å². The maximum absolute atomic E-state index is 11.9. The summed E-state index contributed by atoms with van der Waals surface area (Å²) in [5, 5.41) is 0. The number of aromatic nitrogens is 1. The minimum atomic E-state index is -1.08. The zero-order valence-electron chi connectivity index (χ0n) is 9.95. The van der Waals surface area contributed by atoms with Gasteiger partial charge >= 0.3 is 0 Å². The van der Waals surface area contributed by atoms with Gasteiger partial charge in [-0.1, -0.05) is 6.07 Å². The number of rotatable bonds is 3. The maximum Gasteiger partial charge on any atom is 0.106 e. The van der Waals surface area contributed by atoms with E-state index in [0.717, 1.165) is 10.3 Å². The van der Waals surface area contributed by atoms with Crippen LogP contribution in [-0.4, -0.2) is 13.9 Å². The fraction of sp³-hybridized carbons (Fsp3) is 0.545. The highest BCUT2D eigenvalue weighted by atomic mass is 79.9. The Hall–Kier alpha value is -0.260. The van der Waals surface area contributed by atoms with Crippen molar-refractivity contribution in [1.29, 1.82) is 0 Å². The SMILES string of the molecule is C[C@H](NS(=O)C(C)(C)C)c1cccc(Br)n1. The van der Waals surface area contributed by atoms with Gasteiger partial charge in [0.1, 0.15) is 4.60 Å². The summed E-state index contributed by atoms with van der Waals surface area (Å²) in [5.41, 5.74) is 0.881. The van der Waals surface area contributed by atoms with Crippen LogP contribution in [0.1, 0.15) is 39.4 Å². The van der Waals surface area contributed by atoms with Crippen LogP contribution in [0, 0.1) is 0 Å². The van der Waals surface area contributed by atoms with Crippen molar-refractivity contribution in [3.05, 3.63) is 28.5 Å². The first kappa shape index (κ1) is 13.8. The number of pyridine rings is 1. The van der Waals surface area contributed by atoms with Crippen molar-refractivity contribution in [2.75, 3.05) is 0 Å². The summed E-state index contributed by atoms with van der Waals surface area (Å²) in [4.78, 5) is 4.33. The van der Waals surface area contributed by atoms with Crippen molar-refractivity contribution >= 4 is 26.9 Å². The first-order valence-corrected chi connectivity index (χ1v) is 7.05. The third kappa shape index (κ3) is 3.96. The van der Waals surface area contributed by atoms with Gasteiger partial charge in [0, 0.05) is 0 Å². The summed E-state index contributed by atoms with van der Waals surface area (Å²) in [6.45, 7) is 7.78. The Morgan fingerprint density at radius 1 is 1.44 bits per heavy atom. The smallest absolute Gasteiger partial charge is 0.106 e. The van der Waals surface area contributed by atoms with E-state index in [2.05, 4.69) is 25.6 Å². The molecule has 1 rings (SSSR count). The first-order chi connectivity index (χ1) is 7.30. The summed E-state index contributed by atoms with van der Waals surface area (Å²) in [6.07, 6.45) is 0. The van der Waals surface area contributed by atoms with Crippen LogP contribution in [0.25, 0.3) is 0 Å². The van der Waals surface area contributed by atoms with Crippen LogP contribution < -0.4 is 4.72 Å². The molecule has 1 aromatic heterocycles. The van der Waals surface area contributed by atoms with Crippen LogP contribution in [0.3, 0.4) is 0 Å². The monoisotopic (exact) mass is 304 g/mol. The van der Waals surface area contributed by atoms with E-state index in [1.165, 1.54) is 0 Å². The normalized spacial score (nSPS) is 15.8. The lowest BCUT2D eigenvalue weighted by molar-refractivity contribution is 0.611. The zero-order valence-corrected chi connectivity index (χ0v) is 12.4. The van der Waals surface area contributed by atoms with E-state index in [9.17, 15) is 4.21 Å². The summed E-state index contributed by atoms with van der Waals surface area (Å²) in [5.74, 6) is 0. The third-order valence-corrected chi connectivity index (χ3v) is 4.14. The molecule has 0 aliphatic rings. The van der Waals surface area contributed by atoms with Crippen LogP contribution in [-0.2, 0) is 11.0 Å². The van der Waals surface area contributed by atoms with Gasteiger partial charge in [-0.2, -0.15) is 0 Å². The lowest BCUT2D eigenvalue weighted by Gasteiger charge is -2.21. The number of nitrogens with zero attached hydrogens (tertiary/aromatic N) is 1. The summed E-state index contributed by atoms with van der Waals surface area (Å²) < 4.78 is 15.5. The van der Waals surface area contributed by atoms with E-state index >= 15 is 0 Å². The van der Waals surface area contributed by atoms with Crippen molar-refractivity contribution in [2.45, 2.75) is 38.5 Å². The van der Waals surface area contributed by atoms with Crippen molar-refractivity contribution in [3.63, 3.8) is 0 Å². The molecule has 1 unspecified atom stereocenters. The molecule has 0 radical (unpaired) electrons. The fourth-order valence-electron chi connectivity index (χ4n) is 1.06. The Kier molecular flexibility index (Phi) is 4.64. The molecule has 0 aliphatic heterocycles. The van der Waals surface area contributed by atoms with Gasteiger partial charge < -0.3 is 0 Å². The Morgan fingerprint density at radius 2 is 2.06 bits per heavy atom. The molecule has 1 aromatic rings. The van der Waals surface area contributed by atoms with E-state index < -0.39 is 11.0 Å². The summed E-state index contributed by atoms with van der Waals surface area (Å²) in [7, 11) is -1.08. The first-order valence-electron chi connectivity index (χ1n) is 5.11. The molecule has 5 heteroatoms. The highest BCUT2D eigenvalue weighted by Crippen LogP contribution is 2.17. The maximum atomic E-state index is 11.9. The molecule has 0 amide bonds. The van der Waals surface area contributed by atoms with Gasteiger partial charge in [-0.15, -0.1) is 0 Å². The van der Waals surface area contributed by atoms with Crippen LogP contribution in [0.5, 0.6) is 0 Å². The number of nitrogens with one attached hydrogen (secondary N) is 1. The molecular weight excluding hydrogens is 288 g/mol. The molecule has 0 fully saturated rings. The van der Waals surface area contributed by atoms with Gasteiger partial charge in [0.2, 0.25) is 0 Å². The molecular formula is C11H17BrN2OS. The van der Waals surface area contributed by atoms with Gasteiger partial charge in [-0.3, -0.25) is 0 Å². The predicted molar refractivity (Wildman–Crippen MR) is 71.4 cm³/mol. The molecule has 0 saturated carbocycles. The van der Waals surface area contributed by atoms with Crippen molar-refractivity contribution in [3.8, 4) is 0 Å². The van der Waals surface area contributed by atoms with Crippen molar-refractivity contribution in [2.24, 2.45) is 0 Å². The number of hydrogen-bond donors (Lipinski definition) is 1. The van der Waals surface area contributed by atoms with Crippen molar-refractivity contribution in [1.82, 2.24) is 9.71 Å². The minimum absolute atomic E-state index is 0.0300. The predicted octanol–water partition coefficient (Wildman–Crippen LogP) is 2.96. The van der Waals surface area contributed by atoms with Gasteiger partial charge in [-0.25, -0.2) is 13.9 Å². The highest BCUT2D eigenvalue weighted by molar-refractivity contribution is 9.10. The van der Waals surface area contributed by atoms with E-state index in [1.807, 2.05) is 45.9 Å². The summed E-state index contributed by atoms with van der Waals surface area (Å²) in [6, 6.07) is 5.68. The Bertz CT molecular complexity index is 390. The molecule has 16 heavy (non-hydrogen) atoms. The fourth-order valence-corrected chi connectivity index (χ4v) is 2.22. The van der Waals surface area contributed by atoms with E-state index in [1.54, 1.807) is 0 Å². The molecule has 2 atom stereocenters.